The number of rotatable bonds is 11. The third-order valence-corrected chi connectivity index (χ3v) is 4.87. The number of ether oxygens (including phenoxy) is 1. The molecule has 10 heteroatoms. The first kappa shape index (κ1) is 26.1. The number of nitrogens with two attached hydrogens (primary N) is 1. The van der Waals surface area contributed by atoms with E-state index in [0.29, 0.717) is 0 Å². The molecule has 0 aliphatic carbocycles. The summed E-state index contributed by atoms with van der Waals surface area (Å²) in [6, 6.07) is 10.4. The molecule has 0 aliphatic rings. The quantitative estimate of drug-likeness (QED) is 0.327. The van der Waals surface area contributed by atoms with E-state index in [0.717, 1.165) is 5.56 Å². The second-order valence-electron chi connectivity index (χ2n) is 7.71. The largest absolute Gasteiger partial charge is 0.491 e. The van der Waals surface area contributed by atoms with Gasteiger partial charge in [0.1, 0.15) is 18.4 Å². The molecule has 4 atom stereocenters. The topological polar surface area (TPSA) is 151 Å². The molecule has 6 N–H and O–H groups in total. The summed E-state index contributed by atoms with van der Waals surface area (Å²) in [6.45, 7) is 3.15. The smallest absolute Gasteiger partial charge is 0.328 e. The predicted octanol–water partition coefficient (Wildman–Crippen LogP) is 1.36. The van der Waals surface area contributed by atoms with E-state index in [-0.39, 0.29) is 35.4 Å². The van der Waals surface area contributed by atoms with Gasteiger partial charge in [-0.15, -0.1) is 0 Å². The minimum absolute atomic E-state index is 0.0845. The Hall–Kier alpha value is -3.14. The van der Waals surface area contributed by atoms with Gasteiger partial charge in [0.2, 0.25) is 5.91 Å². The van der Waals surface area contributed by atoms with Gasteiger partial charge in [-0.3, -0.25) is 9.59 Å². The molecule has 0 radical (unpaired) electrons. The number of amides is 2. The average Bonchev–Trinajstić information content (AvgIpc) is 2.76. The van der Waals surface area contributed by atoms with Gasteiger partial charge in [-0.1, -0.05) is 41.9 Å². The molecule has 9 nitrogen and oxygen atoms in total. The molecule has 178 valence electrons. The molecule has 2 aromatic rings. The third-order valence-electron chi connectivity index (χ3n) is 4.64. The molecule has 0 aliphatic heterocycles. The van der Waals surface area contributed by atoms with Crippen LogP contribution >= 0.6 is 11.6 Å². The summed E-state index contributed by atoms with van der Waals surface area (Å²) >= 11 is 6.06. The molecule has 0 saturated carbocycles. The van der Waals surface area contributed by atoms with E-state index in [2.05, 4.69) is 10.6 Å². The number of hydrogen-bond acceptors (Lipinski definition) is 6. The Labute approximate surface area is 196 Å². The SMILES string of the molecule is C[C@H](N)COc1ccc(Cl)cc1C(=O)N[C@@H](Cc1ccccc1)C(=O)N[C@H](C(=O)O)[C@@H](C)O. The van der Waals surface area contributed by atoms with Gasteiger partial charge in [-0.2, -0.15) is 0 Å². The summed E-state index contributed by atoms with van der Waals surface area (Å²) in [6.07, 6.45) is -1.26. The number of benzene rings is 2. The molecule has 0 bridgehead atoms. The maximum Gasteiger partial charge on any atom is 0.328 e. The normalized spacial score (nSPS) is 14.5. The van der Waals surface area contributed by atoms with Gasteiger partial charge in [0.05, 0.1) is 11.7 Å². The van der Waals surface area contributed by atoms with Crippen LogP contribution in [0.2, 0.25) is 5.02 Å². The molecule has 33 heavy (non-hydrogen) atoms. The van der Waals surface area contributed by atoms with E-state index in [1.54, 1.807) is 43.3 Å². The Morgan fingerprint density at radius 1 is 1.09 bits per heavy atom. The number of aliphatic carboxylic acids is 1. The van der Waals surface area contributed by atoms with Crippen molar-refractivity contribution in [2.45, 2.75) is 44.5 Å². The highest BCUT2D eigenvalue weighted by Crippen LogP contribution is 2.23. The molecular formula is C23H28ClN3O6. The highest BCUT2D eigenvalue weighted by atomic mass is 35.5. The minimum atomic E-state index is -1.54. The Morgan fingerprint density at radius 3 is 2.33 bits per heavy atom. The van der Waals surface area contributed by atoms with E-state index in [9.17, 15) is 24.6 Å². The minimum Gasteiger partial charge on any atom is -0.491 e. The van der Waals surface area contributed by atoms with E-state index < -0.39 is 36.0 Å². The van der Waals surface area contributed by atoms with Crippen molar-refractivity contribution in [3.63, 3.8) is 0 Å². The van der Waals surface area contributed by atoms with Gasteiger partial charge in [0.15, 0.2) is 6.04 Å². The van der Waals surface area contributed by atoms with Gasteiger partial charge in [0.25, 0.3) is 5.91 Å². The van der Waals surface area contributed by atoms with Crippen LogP contribution in [0.5, 0.6) is 5.75 Å². The van der Waals surface area contributed by atoms with Crippen molar-refractivity contribution >= 4 is 29.4 Å². The molecule has 0 spiro atoms. The van der Waals surface area contributed by atoms with Crippen LogP contribution < -0.4 is 21.1 Å². The fraction of sp³-hybridized carbons (Fsp3) is 0.348. The zero-order chi connectivity index (χ0) is 24.5. The number of carboxylic acids is 1. The van der Waals surface area contributed by atoms with Crippen LogP contribution in [0.4, 0.5) is 0 Å². The molecule has 0 unspecified atom stereocenters. The Kier molecular flexibility index (Phi) is 9.65. The maximum atomic E-state index is 13.1. The molecule has 0 aromatic heterocycles. The van der Waals surface area contributed by atoms with Crippen LogP contribution in [0, 0.1) is 0 Å². The first-order chi connectivity index (χ1) is 15.6. The Balaban J connectivity index is 2.30. The summed E-state index contributed by atoms with van der Waals surface area (Å²) < 4.78 is 5.61. The summed E-state index contributed by atoms with van der Waals surface area (Å²) in [7, 11) is 0. The first-order valence-electron chi connectivity index (χ1n) is 10.3. The van der Waals surface area contributed by atoms with Crippen LogP contribution in [0.15, 0.2) is 48.5 Å². The lowest BCUT2D eigenvalue weighted by atomic mass is 10.0. The van der Waals surface area contributed by atoms with Crippen molar-refractivity contribution in [3.05, 3.63) is 64.7 Å². The van der Waals surface area contributed by atoms with Crippen LogP contribution in [-0.2, 0) is 16.0 Å². The Morgan fingerprint density at radius 2 is 1.76 bits per heavy atom. The highest BCUT2D eigenvalue weighted by molar-refractivity contribution is 6.31. The summed E-state index contributed by atoms with van der Waals surface area (Å²) in [5, 5.41) is 24.2. The standard InChI is InChI=1S/C23H28ClN3O6/c1-13(25)12-33-19-9-8-16(24)11-17(19)21(29)26-18(10-15-6-4-3-5-7-15)22(30)27-20(14(2)28)23(31)32/h3-9,11,13-14,18,20,28H,10,12,25H2,1-2H3,(H,26,29)(H,27,30)(H,31,32)/t13-,14+,18-,20-/m0/s1. The molecule has 2 amide bonds. The van der Waals surface area contributed by atoms with E-state index >= 15 is 0 Å². The predicted molar refractivity (Wildman–Crippen MR) is 123 cm³/mol. The van der Waals surface area contributed by atoms with Crippen molar-refractivity contribution in [1.82, 2.24) is 10.6 Å². The van der Waals surface area contributed by atoms with Crippen molar-refractivity contribution in [1.29, 1.82) is 0 Å². The van der Waals surface area contributed by atoms with E-state index in [1.807, 2.05) is 0 Å². The fourth-order valence-electron chi connectivity index (χ4n) is 2.96. The number of halogens is 1. The number of carbonyl (C=O) groups excluding carboxylic acids is 2. The third kappa shape index (κ3) is 8.05. The van der Waals surface area contributed by atoms with Gasteiger partial charge < -0.3 is 31.3 Å². The lowest BCUT2D eigenvalue weighted by Crippen LogP contribution is -2.55. The number of nitrogens with one attached hydrogen (secondary N) is 2. The van der Waals surface area contributed by atoms with Gasteiger partial charge in [-0.05, 0) is 37.6 Å². The van der Waals surface area contributed by atoms with Crippen molar-refractivity contribution in [3.8, 4) is 5.75 Å². The number of hydrogen-bond donors (Lipinski definition) is 5. The molecule has 0 saturated heterocycles. The lowest BCUT2D eigenvalue weighted by molar-refractivity contribution is -0.145. The summed E-state index contributed by atoms with van der Waals surface area (Å²) in [4.78, 5) is 37.4. The molecule has 2 aromatic carbocycles. The second kappa shape index (κ2) is 12.2. The molecule has 0 fully saturated rings. The fourth-order valence-corrected chi connectivity index (χ4v) is 3.14. The number of aliphatic hydroxyl groups excluding tert-OH is 1. The van der Waals surface area contributed by atoms with Crippen LogP contribution in [0.3, 0.4) is 0 Å². The summed E-state index contributed by atoms with van der Waals surface area (Å²) in [5.41, 5.74) is 6.56. The van der Waals surface area contributed by atoms with Gasteiger partial charge >= 0.3 is 5.97 Å². The molecule has 2 rings (SSSR count). The van der Waals surface area contributed by atoms with E-state index in [4.69, 9.17) is 22.1 Å². The van der Waals surface area contributed by atoms with Crippen LogP contribution in [-0.4, -0.2) is 58.8 Å². The van der Waals surface area contributed by atoms with Crippen LogP contribution in [0.25, 0.3) is 0 Å². The highest BCUT2D eigenvalue weighted by Gasteiger charge is 2.30. The van der Waals surface area contributed by atoms with Crippen molar-refractivity contribution in [2.24, 2.45) is 5.73 Å². The number of aliphatic hydroxyl groups is 1. The average molecular weight is 478 g/mol. The number of carboxylic acid groups (broad SMARTS) is 1. The van der Waals surface area contributed by atoms with E-state index in [1.165, 1.54) is 19.1 Å². The number of carbonyl (C=O) groups is 3. The van der Waals surface area contributed by atoms with Crippen LogP contribution in [0.1, 0.15) is 29.8 Å². The molecule has 0 heterocycles. The second-order valence-corrected chi connectivity index (χ2v) is 8.15. The van der Waals surface area contributed by atoms with Gasteiger partial charge in [0, 0.05) is 17.5 Å². The zero-order valence-electron chi connectivity index (χ0n) is 18.3. The molecular weight excluding hydrogens is 450 g/mol. The maximum absolute atomic E-state index is 13.1. The first-order valence-corrected chi connectivity index (χ1v) is 10.7. The lowest BCUT2D eigenvalue weighted by Gasteiger charge is -2.23. The zero-order valence-corrected chi connectivity index (χ0v) is 19.1. The summed E-state index contributed by atoms with van der Waals surface area (Å²) in [5.74, 6) is -2.57. The van der Waals surface area contributed by atoms with Crippen molar-refractivity contribution in [2.75, 3.05) is 6.61 Å². The van der Waals surface area contributed by atoms with Gasteiger partial charge in [-0.25, -0.2) is 4.79 Å². The Bertz CT molecular complexity index is 968. The monoisotopic (exact) mass is 477 g/mol. The van der Waals surface area contributed by atoms with Crippen molar-refractivity contribution < 1.29 is 29.3 Å².